The van der Waals surface area contributed by atoms with Gasteiger partial charge in [-0.05, 0) is 48.9 Å². The second kappa shape index (κ2) is 8.43. The highest BCUT2D eigenvalue weighted by Gasteiger charge is 2.41. The molecule has 0 atom stereocenters. The zero-order chi connectivity index (χ0) is 23.0. The van der Waals surface area contributed by atoms with Gasteiger partial charge in [0.25, 0.3) is 11.8 Å². The Morgan fingerprint density at radius 2 is 1.69 bits per heavy atom. The van der Waals surface area contributed by atoms with Crippen LogP contribution in [-0.4, -0.2) is 18.9 Å². The maximum Gasteiger partial charge on any atom is 0.282 e. The SMILES string of the molecule is COc1ccccc1C1=C(Nc2ccc(F)c(F)c2)C(=O)N(c2ccc(Cl)cc2C)C1=O. The highest BCUT2D eigenvalue weighted by molar-refractivity contribution is 6.46. The summed E-state index contributed by atoms with van der Waals surface area (Å²) in [6.07, 6.45) is 0. The van der Waals surface area contributed by atoms with E-state index in [1.807, 2.05) is 0 Å². The molecule has 0 unspecified atom stereocenters. The molecule has 162 valence electrons. The van der Waals surface area contributed by atoms with Gasteiger partial charge in [-0.3, -0.25) is 9.59 Å². The molecule has 0 bridgehead atoms. The standard InChI is InChI=1S/C24H17ClF2N2O3/c1-13-11-14(25)7-10-19(13)29-23(30)21(16-5-3-4-6-20(16)32-2)22(24(29)31)28-15-8-9-17(26)18(27)12-15/h3-12,28H,1-2H3. The third-order valence-electron chi connectivity index (χ3n) is 5.05. The minimum Gasteiger partial charge on any atom is -0.496 e. The van der Waals surface area contributed by atoms with Crippen LogP contribution in [0.4, 0.5) is 20.2 Å². The molecule has 0 aliphatic carbocycles. The number of aryl methyl sites for hydroxylation is 1. The van der Waals surface area contributed by atoms with Crippen LogP contribution in [-0.2, 0) is 9.59 Å². The van der Waals surface area contributed by atoms with Crippen LogP contribution in [0, 0.1) is 18.6 Å². The molecule has 8 heteroatoms. The number of amides is 2. The van der Waals surface area contributed by atoms with Crippen molar-refractivity contribution in [3.63, 3.8) is 0 Å². The van der Waals surface area contributed by atoms with E-state index in [9.17, 15) is 18.4 Å². The first-order valence-electron chi connectivity index (χ1n) is 9.56. The van der Waals surface area contributed by atoms with Crippen LogP contribution in [0.5, 0.6) is 5.75 Å². The van der Waals surface area contributed by atoms with Gasteiger partial charge in [-0.1, -0.05) is 29.8 Å². The molecule has 5 nitrogen and oxygen atoms in total. The Labute approximate surface area is 187 Å². The van der Waals surface area contributed by atoms with Crippen LogP contribution in [0.15, 0.2) is 66.4 Å². The molecule has 1 heterocycles. The second-order valence-electron chi connectivity index (χ2n) is 7.08. The number of carbonyl (C=O) groups is 2. The molecule has 32 heavy (non-hydrogen) atoms. The van der Waals surface area contributed by atoms with Gasteiger partial charge >= 0.3 is 0 Å². The molecule has 4 rings (SSSR count). The van der Waals surface area contributed by atoms with Crippen LogP contribution in [0.25, 0.3) is 5.57 Å². The van der Waals surface area contributed by atoms with E-state index in [0.717, 1.165) is 17.0 Å². The molecule has 1 aliphatic heterocycles. The molecule has 2 amide bonds. The normalized spacial score (nSPS) is 13.7. The average molecular weight is 455 g/mol. The van der Waals surface area contributed by atoms with Crippen molar-refractivity contribution < 1.29 is 23.1 Å². The second-order valence-corrected chi connectivity index (χ2v) is 7.52. The average Bonchev–Trinajstić information content (AvgIpc) is 3.00. The molecular formula is C24H17ClF2N2O3. The number of imide groups is 1. The lowest BCUT2D eigenvalue weighted by atomic mass is 10.0. The topological polar surface area (TPSA) is 58.6 Å². The van der Waals surface area contributed by atoms with Crippen LogP contribution in [0.2, 0.25) is 5.02 Å². The minimum absolute atomic E-state index is 0.0477. The van der Waals surface area contributed by atoms with Crippen LogP contribution in [0.3, 0.4) is 0 Å². The molecule has 3 aromatic rings. The molecule has 0 saturated heterocycles. The van der Waals surface area contributed by atoms with Gasteiger partial charge in [0.1, 0.15) is 11.4 Å². The van der Waals surface area contributed by atoms with E-state index in [-0.39, 0.29) is 17.0 Å². The smallest absolute Gasteiger partial charge is 0.282 e. The van der Waals surface area contributed by atoms with E-state index in [4.69, 9.17) is 16.3 Å². The van der Waals surface area contributed by atoms with Crippen molar-refractivity contribution in [2.75, 3.05) is 17.3 Å². The number of ether oxygens (including phenoxy) is 1. The lowest BCUT2D eigenvalue weighted by Gasteiger charge is -2.18. The summed E-state index contributed by atoms with van der Waals surface area (Å²) in [6.45, 7) is 1.73. The Kier molecular flexibility index (Phi) is 5.67. The number of carbonyl (C=O) groups excluding carboxylic acids is 2. The van der Waals surface area contributed by atoms with E-state index in [2.05, 4.69) is 5.32 Å². The van der Waals surface area contributed by atoms with Crippen LogP contribution < -0.4 is 15.0 Å². The Bertz CT molecular complexity index is 1290. The maximum absolute atomic E-state index is 13.8. The number of anilines is 2. The van der Waals surface area contributed by atoms with E-state index in [0.29, 0.717) is 27.6 Å². The van der Waals surface area contributed by atoms with Crippen molar-refractivity contribution >= 4 is 40.4 Å². The molecule has 0 radical (unpaired) electrons. The van der Waals surface area contributed by atoms with Gasteiger partial charge in [0.15, 0.2) is 11.6 Å². The molecule has 0 spiro atoms. The van der Waals surface area contributed by atoms with Gasteiger partial charge in [0.05, 0.1) is 18.4 Å². The van der Waals surface area contributed by atoms with Crippen LogP contribution in [0.1, 0.15) is 11.1 Å². The first-order chi connectivity index (χ1) is 15.3. The summed E-state index contributed by atoms with van der Waals surface area (Å²) in [5.74, 6) is -2.97. The van der Waals surface area contributed by atoms with Crippen molar-refractivity contribution in [2.24, 2.45) is 0 Å². The lowest BCUT2D eigenvalue weighted by Crippen LogP contribution is -2.33. The third-order valence-corrected chi connectivity index (χ3v) is 5.28. The summed E-state index contributed by atoms with van der Waals surface area (Å²) in [7, 11) is 1.45. The van der Waals surface area contributed by atoms with Gasteiger partial charge < -0.3 is 10.1 Å². The Balaban J connectivity index is 1.88. The fourth-order valence-corrected chi connectivity index (χ4v) is 3.78. The maximum atomic E-state index is 13.8. The number of nitrogens with one attached hydrogen (secondary N) is 1. The summed E-state index contributed by atoms with van der Waals surface area (Å²) in [4.78, 5) is 28.0. The predicted molar refractivity (Wildman–Crippen MR) is 119 cm³/mol. The zero-order valence-corrected chi connectivity index (χ0v) is 17.8. The van der Waals surface area contributed by atoms with Crippen molar-refractivity contribution in [3.05, 3.63) is 94.1 Å². The van der Waals surface area contributed by atoms with Gasteiger partial charge in [0, 0.05) is 22.3 Å². The third kappa shape index (κ3) is 3.71. The lowest BCUT2D eigenvalue weighted by molar-refractivity contribution is -0.120. The summed E-state index contributed by atoms with van der Waals surface area (Å²) in [5.41, 5.74) is 1.44. The Morgan fingerprint density at radius 3 is 2.38 bits per heavy atom. The molecule has 1 N–H and O–H groups in total. The molecule has 0 saturated carbocycles. The van der Waals surface area contributed by atoms with Gasteiger partial charge in [-0.25, -0.2) is 13.7 Å². The number of hydrogen-bond donors (Lipinski definition) is 1. The van der Waals surface area contributed by atoms with E-state index in [1.165, 1.54) is 13.2 Å². The summed E-state index contributed by atoms with van der Waals surface area (Å²) in [5, 5.41) is 3.26. The molecule has 1 aliphatic rings. The predicted octanol–water partition coefficient (Wildman–Crippen LogP) is 5.33. The monoisotopic (exact) mass is 454 g/mol. The number of hydrogen-bond acceptors (Lipinski definition) is 4. The van der Waals surface area contributed by atoms with Gasteiger partial charge in [-0.2, -0.15) is 0 Å². The first kappa shape index (κ1) is 21.5. The highest BCUT2D eigenvalue weighted by Crippen LogP contribution is 2.38. The van der Waals surface area contributed by atoms with Gasteiger partial charge in [0.2, 0.25) is 0 Å². The zero-order valence-electron chi connectivity index (χ0n) is 17.1. The van der Waals surface area contributed by atoms with E-state index < -0.39 is 23.4 Å². The van der Waals surface area contributed by atoms with Crippen molar-refractivity contribution in [1.29, 1.82) is 0 Å². The number of rotatable bonds is 5. The molecule has 3 aromatic carbocycles. The Morgan fingerprint density at radius 1 is 0.938 bits per heavy atom. The Hall–Kier alpha value is -3.71. The first-order valence-corrected chi connectivity index (χ1v) is 9.94. The number of para-hydroxylation sites is 1. The fourth-order valence-electron chi connectivity index (χ4n) is 3.55. The fraction of sp³-hybridized carbons (Fsp3) is 0.0833. The summed E-state index contributed by atoms with van der Waals surface area (Å²) >= 11 is 6.03. The van der Waals surface area contributed by atoms with Crippen molar-refractivity contribution in [1.82, 2.24) is 0 Å². The quantitative estimate of drug-likeness (QED) is 0.529. The molecule has 0 aromatic heterocycles. The number of methoxy groups -OCH3 is 1. The molecule has 0 fully saturated rings. The minimum atomic E-state index is -1.09. The number of benzene rings is 3. The van der Waals surface area contributed by atoms with Gasteiger partial charge in [-0.15, -0.1) is 0 Å². The highest BCUT2D eigenvalue weighted by atomic mass is 35.5. The van der Waals surface area contributed by atoms with E-state index in [1.54, 1.807) is 49.4 Å². The number of nitrogens with zero attached hydrogens (tertiary/aromatic N) is 1. The van der Waals surface area contributed by atoms with Crippen LogP contribution >= 0.6 is 11.6 Å². The van der Waals surface area contributed by atoms with Crippen molar-refractivity contribution in [3.8, 4) is 5.75 Å². The number of halogens is 3. The van der Waals surface area contributed by atoms with Crippen molar-refractivity contribution in [2.45, 2.75) is 6.92 Å². The largest absolute Gasteiger partial charge is 0.496 e. The molecular weight excluding hydrogens is 438 g/mol. The summed E-state index contributed by atoms with van der Waals surface area (Å²) in [6, 6.07) is 14.7. The summed E-state index contributed by atoms with van der Waals surface area (Å²) < 4.78 is 32.5. The van der Waals surface area contributed by atoms with E-state index >= 15 is 0 Å².